The highest BCUT2D eigenvalue weighted by Gasteiger charge is 2.20. The maximum Gasteiger partial charge on any atom is 0.258 e. The van der Waals surface area contributed by atoms with Crippen molar-refractivity contribution in [3.8, 4) is 0 Å². The van der Waals surface area contributed by atoms with Crippen molar-refractivity contribution in [1.82, 2.24) is 14.9 Å². The molecule has 0 atom stereocenters. The Hall–Kier alpha value is -2.68. The van der Waals surface area contributed by atoms with Crippen molar-refractivity contribution in [2.75, 3.05) is 43.4 Å². The molecule has 2 aromatic rings. The van der Waals surface area contributed by atoms with Crippen molar-refractivity contribution >= 4 is 17.5 Å². The zero-order valence-electron chi connectivity index (χ0n) is 13.5. The van der Waals surface area contributed by atoms with Crippen LogP contribution in [0.1, 0.15) is 10.4 Å². The summed E-state index contributed by atoms with van der Waals surface area (Å²) in [6.45, 7) is 3.39. The van der Waals surface area contributed by atoms with Gasteiger partial charge < -0.3 is 15.1 Å². The molecule has 3 rings (SSSR count). The normalized spacial score (nSPS) is 15.3. The minimum absolute atomic E-state index is 0.229. The topological polar surface area (TPSA) is 61.4 Å². The van der Waals surface area contributed by atoms with Crippen LogP contribution in [0.2, 0.25) is 0 Å². The van der Waals surface area contributed by atoms with E-state index in [0.717, 1.165) is 32.2 Å². The number of carbonyl (C=O) groups is 1. The Kier molecular flexibility index (Phi) is 4.84. The highest BCUT2D eigenvalue weighted by atomic mass is 19.2. The molecule has 1 aliphatic heterocycles. The van der Waals surface area contributed by atoms with Crippen LogP contribution in [0.25, 0.3) is 0 Å². The standard InChI is InChI=1S/C16H16F3N5O/c1-23-4-6-24(7-5-23)16-20-8-10(9-21-16)22-15(25)11-2-3-12(17)14(19)13(11)18/h2-3,8-9H,4-7H2,1H3,(H,22,25). The maximum atomic E-state index is 13.6. The van der Waals surface area contributed by atoms with Crippen molar-refractivity contribution in [3.63, 3.8) is 0 Å². The molecule has 0 radical (unpaired) electrons. The van der Waals surface area contributed by atoms with Crippen LogP contribution >= 0.6 is 0 Å². The first kappa shape index (κ1) is 17.2. The molecule has 132 valence electrons. The van der Waals surface area contributed by atoms with Crippen molar-refractivity contribution in [1.29, 1.82) is 0 Å². The first-order valence-electron chi connectivity index (χ1n) is 7.66. The maximum absolute atomic E-state index is 13.6. The van der Waals surface area contributed by atoms with E-state index in [-0.39, 0.29) is 5.69 Å². The predicted molar refractivity (Wildman–Crippen MR) is 86.0 cm³/mol. The Morgan fingerprint density at radius 2 is 1.68 bits per heavy atom. The third-order valence-electron chi connectivity index (χ3n) is 3.96. The Morgan fingerprint density at radius 1 is 1.04 bits per heavy atom. The fraction of sp³-hybridized carbons (Fsp3) is 0.312. The van der Waals surface area contributed by atoms with E-state index in [2.05, 4.69) is 20.2 Å². The molecule has 1 aromatic carbocycles. The van der Waals surface area contributed by atoms with E-state index < -0.39 is 28.9 Å². The summed E-state index contributed by atoms with van der Waals surface area (Å²) < 4.78 is 39.8. The van der Waals surface area contributed by atoms with Crippen molar-refractivity contribution in [2.45, 2.75) is 0 Å². The molecule has 0 saturated carbocycles. The summed E-state index contributed by atoms with van der Waals surface area (Å²) in [4.78, 5) is 24.6. The monoisotopic (exact) mass is 351 g/mol. The van der Waals surface area contributed by atoms with E-state index in [0.29, 0.717) is 12.0 Å². The Balaban J connectivity index is 1.69. The van der Waals surface area contributed by atoms with Gasteiger partial charge in [-0.1, -0.05) is 0 Å². The van der Waals surface area contributed by atoms with Crippen molar-refractivity contribution in [2.24, 2.45) is 0 Å². The number of carbonyl (C=O) groups excluding carboxylic acids is 1. The van der Waals surface area contributed by atoms with Crippen LogP contribution in [0.3, 0.4) is 0 Å². The molecular formula is C16H16F3N5O. The van der Waals surface area contributed by atoms with E-state index in [9.17, 15) is 18.0 Å². The summed E-state index contributed by atoms with van der Waals surface area (Å²) in [5, 5.41) is 2.36. The minimum atomic E-state index is -1.69. The second-order valence-corrected chi connectivity index (χ2v) is 5.74. The molecule has 0 spiro atoms. The average Bonchev–Trinajstić information content (AvgIpc) is 2.61. The van der Waals surface area contributed by atoms with Gasteiger partial charge in [0.05, 0.1) is 23.6 Å². The fourth-order valence-corrected chi connectivity index (χ4v) is 2.46. The molecule has 0 bridgehead atoms. The number of nitrogens with zero attached hydrogens (tertiary/aromatic N) is 4. The SMILES string of the molecule is CN1CCN(c2ncc(NC(=O)c3ccc(F)c(F)c3F)cn2)CC1. The van der Waals surface area contributed by atoms with Crippen LogP contribution in [0.15, 0.2) is 24.5 Å². The molecule has 1 aromatic heterocycles. The predicted octanol–water partition coefficient (Wildman–Crippen LogP) is 1.90. The van der Waals surface area contributed by atoms with Crippen LogP contribution in [0, 0.1) is 17.5 Å². The van der Waals surface area contributed by atoms with Gasteiger partial charge in [0.1, 0.15) is 0 Å². The summed E-state index contributed by atoms with van der Waals surface area (Å²) in [6.07, 6.45) is 2.77. The lowest BCUT2D eigenvalue weighted by molar-refractivity contribution is 0.102. The van der Waals surface area contributed by atoms with Gasteiger partial charge in [-0.25, -0.2) is 23.1 Å². The highest BCUT2D eigenvalue weighted by molar-refractivity contribution is 6.04. The van der Waals surface area contributed by atoms with Gasteiger partial charge >= 0.3 is 0 Å². The molecule has 1 saturated heterocycles. The van der Waals surface area contributed by atoms with Gasteiger partial charge in [0.15, 0.2) is 17.5 Å². The number of hydrogen-bond acceptors (Lipinski definition) is 5. The number of rotatable bonds is 3. The van der Waals surface area contributed by atoms with Gasteiger partial charge in [-0.05, 0) is 19.2 Å². The van der Waals surface area contributed by atoms with Gasteiger partial charge in [0, 0.05) is 26.2 Å². The quantitative estimate of drug-likeness (QED) is 0.856. The van der Waals surface area contributed by atoms with E-state index in [1.165, 1.54) is 12.4 Å². The molecule has 6 nitrogen and oxygen atoms in total. The second-order valence-electron chi connectivity index (χ2n) is 5.74. The number of benzene rings is 1. The van der Waals surface area contributed by atoms with Crippen LogP contribution in [-0.4, -0.2) is 54.0 Å². The van der Waals surface area contributed by atoms with Gasteiger partial charge in [0.25, 0.3) is 5.91 Å². The molecule has 25 heavy (non-hydrogen) atoms. The van der Waals surface area contributed by atoms with Gasteiger partial charge in [-0.3, -0.25) is 4.79 Å². The summed E-state index contributed by atoms with van der Waals surface area (Å²) in [5.41, 5.74) is -0.367. The molecule has 0 unspecified atom stereocenters. The number of halogens is 3. The fourth-order valence-electron chi connectivity index (χ4n) is 2.46. The molecule has 1 aliphatic rings. The Morgan fingerprint density at radius 3 is 2.32 bits per heavy atom. The lowest BCUT2D eigenvalue weighted by atomic mass is 10.2. The van der Waals surface area contributed by atoms with Crippen LogP contribution in [0.5, 0.6) is 0 Å². The second kappa shape index (κ2) is 7.06. The van der Waals surface area contributed by atoms with Crippen LogP contribution < -0.4 is 10.2 Å². The first-order valence-corrected chi connectivity index (χ1v) is 7.66. The number of hydrogen-bond donors (Lipinski definition) is 1. The van der Waals surface area contributed by atoms with Crippen LogP contribution in [-0.2, 0) is 0 Å². The molecule has 1 fully saturated rings. The number of aromatic nitrogens is 2. The molecule has 2 heterocycles. The van der Waals surface area contributed by atoms with E-state index in [4.69, 9.17) is 0 Å². The lowest BCUT2D eigenvalue weighted by Crippen LogP contribution is -2.45. The summed E-state index contributed by atoms with van der Waals surface area (Å²) in [6, 6.07) is 1.57. The first-order chi connectivity index (χ1) is 12.0. The zero-order chi connectivity index (χ0) is 18.0. The summed E-state index contributed by atoms with van der Waals surface area (Å²) >= 11 is 0. The average molecular weight is 351 g/mol. The van der Waals surface area contributed by atoms with E-state index in [1.807, 2.05) is 11.9 Å². The molecule has 1 amide bonds. The minimum Gasteiger partial charge on any atom is -0.338 e. The van der Waals surface area contributed by atoms with Crippen molar-refractivity contribution in [3.05, 3.63) is 47.5 Å². The third kappa shape index (κ3) is 3.71. The number of anilines is 2. The summed E-state index contributed by atoms with van der Waals surface area (Å²) in [5.74, 6) is -4.95. The Labute approximate surface area is 142 Å². The molecule has 9 heteroatoms. The lowest BCUT2D eigenvalue weighted by Gasteiger charge is -2.32. The molecule has 1 N–H and O–H groups in total. The highest BCUT2D eigenvalue weighted by Crippen LogP contribution is 2.17. The summed E-state index contributed by atoms with van der Waals surface area (Å²) in [7, 11) is 2.04. The third-order valence-corrected chi connectivity index (χ3v) is 3.96. The number of nitrogens with one attached hydrogen (secondary N) is 1. The van der Waals surface area contributed by atoms with Gasteiger partial charge in [0.2, 0.25) is 5.95 Å². The van der Waals surface area contributed by atoms with Crippen molar-refractivity contribution < 1.29 is 18.0 Å². The molecular weight excluding hydrogens is 335 g/mol. The number of piperazine rings is 1. The number of likely N-dealkylation sites (N-methyl/N-ethyl adjacent to an activating group) is 1. The van der Waals surface area contributed by atoms with Gasteiger partial charge in [-0.2, -0.15) is 0 Å². The van der Waals surface area contributed by atoms with Gasteiger partial charge in [-0.15, -0.1) is 0 Å². The smallest absolute Gasteiger partial charge is 0.258 e. The largest absolute Gasteiger partial charge is 0.338 e. The van der Waals surface area contributed by atoms with E-state index in [1.54, 1.807) is 0 Å². The zero-order valence-corrected chi connectivity index (χ0v) is 13.5. The Bertz CT molecular complexity index is 776. The molecule has 0 aliphatic carbocycles. The number of amides is 1. The van der Waals surface area contributed by atoms with E-state index >= 15 is 0 Å². The van der Waals surface area contributed by atoms with Crippen LogP contribution in [0.4, 0.5) is 24.8 Å².